The molecule has 0 unspecified atom stereocenters. The van der Waals surface area contributed by atoms with Crippen LogP contribution in [0.2, 0.25) is 0 Å². The lowest BCUT2D eigenvalue weighted by Gasteiger charge is -2.32. The van der Waals surface area contributed by atoms with E-state index in [1.165, 1.54) is 12.1 Å². The van der Waals surface area contributed by atoms with Crippen LogP contribution in [0, 0.1) is 11.8 Å². The van der Waals surface area contributed by atoms with Crippen molar-refractivity contribution in [2.45, 2.75) is 71.2 Å². The lowest BCUT2D eigenvalue weighted by Crippen LogP contribution is -2.28. The van der Waals surface area contributed by atoms with Gasteiger partial charge >= 0.3 is 6.18 Å². The highest BCUT2D eigenvalue weighted by Crippen LogP contribution is 2.43. The minimum Gasteiger partial charge on any atom is -0.490 e. The van der Waals surface area contributed by atoms with Crippen molar-refractivity contribution in [1.29, 1.82) is 0 Å². The minimum atomic E-state index is -4.48. The maximum Gasteiger partial charge on any atom is 0.420 e. The van der Waals surface area contributed by atoms with E-state index in [-0.39, 0.29) is 17.2 Å². The fourth-order valence-corrected chi connectivity index (χ4v) is 4.15. The van der Waals surface area contributed by atoms with Gasteiger partial charge in [0.15, 0.2) is 0 Å². The smallest absolute Gasteiger partial charge is 0.420 e. The molecular weight excluding hydrogens is 363 g/mol. The molecule has 0 atom stereocenters. The summed E-state index contributed by atoms with van der Waals surface area (Å²) in [5.41, 5.74) is 5.61. The Kier molecular flexibility index (Phi) is 5.68. The Hall–Kier alpha value is -1.75. The predicted octanol–water partition coefficient (Wildman–Crippen LogP) is 6.65. The molecule has 1 aliphatic rings. The van der Waals surface area contributed by atoms with E-state index in [9.17, 15) is 13.2 Å². The third-order valence-electron chi connectivity index (χ3n) is 5.96. The Balaban J connectivity index is 1.94. The SMILES string of the molecule is CC(C)[C@H]1CC[C@H](Oc2ccc3cc(C(C)(C)N)ccc3c2C(F)(F)F)CC1. The highest BCUT2D eigenvalue weighted by Gasteiger charge is 2.37. The number of nitrogens with two attached hydrogens (primary N) is 1. The Bertz CT molecular complexity index is 828. The molecule has 0 aromatic heterocycles. The van der Waals surface area contributed by atoms with Gasteiger partial charge < -0.3 is 10.5 Å². The van der Waals surface area contributed by atoms with Crippen LogP contribution in [0.5, 0.6) is 5.75 Å². The van der Waals surface area contributed by atoms with Gasteiger partial charge in [0.2, 0.25) is 0 Å². The van der Waals surface area contributed by atoms with E-state index in [0.29, 0.717) is 17.2 Å². The molecule has 2 aromatic rings. The van der Waals surface area contributed by atoms with Gasteiger partial charge in [-0.3, -0.25) is 0 Å². The standard InChI is InChI=1S/C23H30F3NO/c1-14(2)15-5-9-18(10-6-15)28-20-12-7-16-13-17(22(3,4)27)8-11-19(16)21(20)23(24,25)26/h7-8,11-15,18H,5-6,9-10,27H2,1-4H3/t15-,18-. The van der Waals surface area contributed by atoms with Crippen LogP contribution in [-0.2, 0) is 11.7 Å². The third-order valence-corrected chi connectivity index (χ3v) is 5.96. The van der Waals surface area contributed by atoms with Crippen LogP contribution >= 0.6 is 0 Å². The molecule has 3 rings (SSSR count). The number of benzene rings is 2. The van der Waals surface area contributed by atoms with Crippen molar-refractivity contribution in [1.82, 2.24) is 0 Å². The Morgan fingerprint density at radius 2 is 1.64 bits per heavy atom. The highest BCUT2D eigenvalue weighted by atomic mass is 19.4. The van der Waals surface area contributed by atoms with Gasteiger partial charge in [0, 0.05) is 5.54 Å². The molecule has 0 saturated heterocycles. The van der Waals surface area contributed by atoms with Crippen LogP contribution in [0.4, 0.5) is 13.2 Å². The molecule has 0 radical (unpaired) electrons. The number of halogens is 3. The summed E-state index contributed by atoms with van der Waals surface area (Å²) < 4.78 is 47.7. The third kappa shape index (κ3) is 4.45. The maximum absolute atomic E-state index is 13.9. The first-order valence-electron chi connectivity index (χ1n) is 10.1. The summed E-state index contributed by atoms with van der Waals surface area (Å²) in [6.07, 6.45) is -1.02. The van der Waals surface area contributed by atoms with Crippen LogP contribution in [-0.4, -0.2) is 6.10 Å². The number of ether oxygens (including phenoxy) is 1. The van der Waals surface area contributed by atoms with Crippen molar-refractivity contribution in [2.75, 3.05) is 0 Å². The number of hydrogen-bond acceptors (Lipinski definition) is 2. The molecule has 0 aliphatic heterocycles. The first-order chi connectivity index (χ1) is 13.0. The summed E-state index contributed by atoms with van der Waals surface area (Å²) in [5.74, 6) is 1.18. The molecule has 1 aliphatic carbocycles. The van der Waals surface area contributed by atoms with Crippen LogP contribution in [0.25, 0.3) is 10.8 Å². The predicted molar refractivity (Wildman–Crippen MR) is 107 cm³/mol. The molecule has 2 aromatic carbocycles. The van der Waals surface area contributed by atoms with Gasteiger partial charge in [-0.05, 0) is 79.8 Å². The summed E-state index contributed by atoms with van der Waals surface area (Å²) in [6, 6.07) is 8.10. The Morgan fingerprint density at radius 3 is 2.18 bits per heavy atom. The van der Waals surface area contributed by atoms with Crippen LogP contribution in [0.15, 0.2) is 30.3 Å². The van der Waals surface area contributed by atoms with Gasteiger partial charge in [0.25, 0.3) is 0 Å². The van der Waals surface area contributed by atoms with Gasteiger partial charge in [0.05, 0.1) is 6.10 Å². The molecule has 0 spiro atoms. The molecule has 28 heavy (non-hydrogen) atoms. The lowest BCUT2D eigenvalue weighted by atomic mass is 9.80. The van der Waals surface area contributed by atoms with Gasteiger partial charge in [0.1, 0.15) is 11.3 Å². The fraction of sp³-hybridized carbons (Fsp3) is 0.565. The second kappa shape index (κ2) is 7.58. The van der Waals surface area contributed by atoms with Crippen molar-refractivity contribution < 1.29 is 17.9 Å². The summed E-state index contributed by atoms with van der Waals surface area (Å²) in [7, 11) is 0. The molecule has 0 bridgehead atoms. The average Bonchev–Trinajstić information content (AvgIpc) is 2.59. The molecule has 2 nitrogen and oxygen atoms in total. The van der Waals surface area contributed by atoms with Gasteiger partial charge in [-0.15, -0.1) is 0 Å². The fourth-order valence-electron chi connectivity index (χ4n) is 4.15. The van der Waals surface area contributed by atoms with Gasteiger partial charge in [-0.2, -0.15) is 13.2 Å². The average molecular weight is 393 g/mol. The lowest BCUT2D eigenvalue weighted by molar-refractivity contribution is -0.138. The summed E-state index contributed by atoms with van der Waals surface area (Å²) >= 11 is 0. The zero-order chi connectivity index (χ0) is 20.7. The largest absolute Gasteiger partial charge is 0.490 e. The second-order valence-corrected chi connectivity index (χ2v) is 8.99. The molecule has 0 heterocycles. The molecule has 1 fully saturated rings. The quantitative estimate of drug-likeness (QED) is 0.631. The van der Waals surface area contributed by atoms with E-state index in [0.717, 1.165) is 31.2 Å². The summed E-state index contributed by atoms with van der Waals surface area (Å²) in [6.45, 7) is 8.08. The molecular formula is C23H30F3NO. The second-order valence-electron chi connectivity index (χ2n) is 8.99. The number of hydrogen-bond donors (Lipinski definition) is 1. The maximum atomic E-state index is 13.9. The van der Waals surface area contributed by atoms with Gasteiger partial charge in [-0.1, -0.05) is 32.0 Å². The van der Waals surface area contributed by atoms with E-state index in [4.69, 9.17) is 10.5 Å². The van der Waals surface area contributed by atoms with E-state index in [1.54, 1.807) is 18.2 Å². The monoisotopic (exact) mass is 393 g/mol. The summed E-state index contributed by atoms with van der Waals surface area (Å²) in [4.78, 5) is 0. The van der Waals surface area contributed by atoms with E-state index in [1.807, 2.05) is 13.8 Å². The molecule has 1 saturated carbocycles. The van der Waals surface area contributed by atoms with E-state index < -0.39 is 17.3 Å². The first kappa shape index (κ1) is 21.0. The Labute approximate surface area is 165 Å². The van der Waals surface area contributed by atoms with E-state index >= 15 is 0 Å². The van der Waals surface area contributed by atoms with Crippen LogP contribution in [0.3, 0.4) is 0 Å². The van der Waals surface area contributed by atoms with Crippen molar-refractivity contribution >= 4 is 10.8 Å². The van der Waals surface area contributed by atoms with Crippen LogP contribution < -0.4 is 10.5 Å². The summed E-state index contributed by atoms with van der Waals surface area (Å²) in [5, 5.41) is 0.688. The van der Waals surface area contributed by atoms with Crippen molar-refractivity contribution in [2.24, 2.45) is 17.6 Å². The Morgan fingerprint density at radius 1 is 1.00 bits per heavy atom. The molecule has 2 N–H and O–H groups in total. The molecule has 154 valence electrons. The van der Waals surface area contributed by atoms with Gasteiger partial charge in [-0.25, -0.2) is 0 Å². The minimum absolute atomic E-state index is 0.0623. The normalized spacial score (nSPS) is 21.3. The number of alkyl halides is 3. The van der Waals surface area contributed by atoms with E-state index in [2.05, 4.69) is 13.8 Å². The zero-order valence-electron chi connectivity index (χ0n) is 17.1. The van der Waals surface area contributed by atoms with Crippen molar-refractivity contribution in [3.05, 3.63) is 41.5 Å². The molecule has 0 amide bonds. The van der Waals surface area contributed by atoms with Crippen molar-refractivity contribution in [3.63, 3.8) is 0 Å². The molecule has 5 heteroatoms. The van der Waals surface area contributed by atoms with Crippen molar-refractivity contribution in [3.8, 4) is 5.75 Å². The number of fused-ring (bicyclic) bond motifs is 1. The highest BCUT2D eigenvalue weighted by molar-refractivity contribution is 5.89. The zero-order valence-corrected chi connectivity index (χ0v) is 17.1. The van der Waals surface area contributed by atoms with Crippen LogP contribution in [0.1, 0.15) is 64.5 Å². The topological polar surface area (TPSA) is 35.2 Å². The first-order valence-corrected chi connectivity index (χ1v) is 10.1. The number of rotatable bonds is 4.